The van der Waals surface area contributed by atoms with Gasteiger partial charge < -0.3 is 4.90 Å². The number of thiophene rings is 1. The second-order valence-electron chi connectivity index (χ2n) is 11.4. The molecule has 1 heterocycles. The molecule has 9 aromatic rings. The Kier molecular flexibility index (Phi) is 5.75. The highest BCUT2D eigenvalue weighted by Gasteiger charge is 2.15. The number of benzene rings is 8. The van der Waals surface area contributed by atoms with Gasteiger partial charge in [0.05, 0.1) is 0 Å². The maximum Gasteiger partial charge on any atom is 0.0468 e. The van der Waals surface area contributed by atoms with E-state index in [9.17, 15) is 0 Å². The Morgan fingerprint density at radius 3 is 1.84 bits per heavy atom. The van der Waals surface area contributed by atoms with Crippen LogP contribution in [-0.2, 0) is 0 Å². The van der Waals surface area contributed by atoms with Crippen LogP contribution in [0.1, 0.15) is 0 Å². The van der Waals surface area contributed by atoms with Crippen molar-refractivity contribution >= 4 is 80.9 Å². The van der Waals surface area contributed by atoms with Crippen LogP contribution in [0.2, 0.25) is 0 Å². The first kappa shape index (κ1) is 25.1. The minimum absolute atomic E-state index is 1.13. The molecule has 0 atom stereocenters. The first-order chi connectivity index (χ1) is 21.8. The normalized spacial score (nSPS) is 11.6. The van der Waals surface area contributed by atoms with Gasteiger partial charge in [-0.05, 0) is 104 Å². The van der Waals surface area contributed by atoms with Crippen LogP contribution in [0.4, 0.5) is 17.1 Å². The lowest BCUT2D eigenvalue weighted by Crippen LogP contribution is -2.09. The number of rotatable bonds is 4. The van der Waals surface area contributed by atoms with Crippen LogP contribution >= 0.6 is 11.3 Å². The fraction of sp³-hybridized carbons (Fsp3) is 0. The molecule has 2 heteroatoms. The van der Waals surface area contributed by atoms with Crippen LogP contribution in [-0.4, -0.2) is 0 Å². The fourth-order valence-corrected chi connectivity index (χ4v) is 7.82. The molecule has 44 heavy (non-hydrogen) atoms. The Hall–Kier alpha value is -5.44. The highest BCUT2D eigenvalue weighted by Crippen LogP contribution is 2.42. The molecule has 0 bridgehead atoms. The maximum absolute atomic E-state index is 2.39. The molecular weight excluding hydrogens is 551 g/mol. The van der Waals surface area contributed by atoms with Crippen molar-refractivity contribution in [3.8, 4) is 11.1 Å². The third-order valence-corrected chi connectivity index (χ3v) is 9.93. The molecule has 0 spiro atoms. The predicted molar refractivity (Wildman–Crippen MR) is 192 cm³/mol. The number of para-hydroxylation sites is 1. The van der Waals surface area contributed by atoms with E-state index in [0.29, 0.717) is 0 Å². The molecule has 0 amide bonds. The molecule has 9 rings (SSSR count). The van der Waals surface area contributed by atoms with Crippen molar-refractivity contribution in [3.05, 3.63) is 164 Å². The standard InChI is InChI=1S/C42H27NS/c1-2-12-32(13-3-1)43(34-23-18-28-10-4-5-11-30(28)24-34)33-21-19-29(20-22-33)38-25-31-26-40-37-16-8-9-17-41(37)44-42(40)27-39(31)36-15-7-6-14-35(36)38/h1-27H. The molecular formula is C42H27NS. The van der Waals surface area contributed by atoms with E-state index in [-0.39, 0.29) is 0 Å². The number of anilines is 3. The van der Waals surface area contributed by atoms with E-state index in [2.05, 4.69) is 169 Å². The lowest BCUT2D eigenvalue weighted by Gasteiger charge is -2.26. The van der Waals surface area contributed by atoms with Gasteiger partial charge in [0.2, 0.25) is 0 Å². The monoisotopic (exact) mass is 577 g/mol. The molecule has 0 saturated carbocycles. The van der Waals surface area contributed by atoms with Crippen molar-refractivity contribution in [1.29, 1.82) is 0 Å². The smallest absolute Gasteiger partial charge is 0.0468 e. The van der Waals surface area contributed by atoms with Crippen molar-refractivity contribution in [2.45, 2.75) is 0 Å². The van der Waals surface area contributed by atoms with Gasteiger partial charge >= 0.3 is 0 Å². The molecule has 0 fully saturated rings. The molecule has 0 aliphatic heterocycles. The molecule has 0 N–H and O–H groups in total. The van der Waals surface area contributed by atoms with Crippen molar-refractivity contribution in [1.82, 2.24) is 0 Å². The van der Waals surface area contributed by atoms with Gasteiger partial charge in [-0.1, -0.05) is 103 Å². The first-order valence-electron chi connectivity index (χ1n) is 15.0. The summed E-state index contributed by atoms with van der Waals surface area (Å²) < 4.78 is 2.68. The third-order valence-electron chi connectivity index (χ3n) is 8.80. The Balaban J connectivity index is 1.20. The molecule has 206 valence electrons. The van der Waals surface area contributed by atoms with Crippen LogP contribution in [0.25, 0.3) is 63.6 Å². The summed E-state index contributed by atoms with van der Waals surface area (Å²) in [5.41, 5.74) is 5.89. The van der Waals surface area contributed by atoms with E-state index in [1.54, 1.807) is 0 Å². The second kappa shape index (κ2) is 10.1. The van der Waals surface area contributed by atoms with Gasteiger partial charge in [-0.3, -0.25) is 0 Å². The summed E-state index contributed by atoms with van der Waals surface area (Å²) in [7, 11) is 0. The summed E-state index contributed by atoms with van der Waals surface area (Å²) in [5, 5.41) is 10.3. The Morgan fingerprint density at radius 1 is 0.341 bits per heavy atom. The first-order valence-corrected chi connectivity index (χ1v) is 15.8. The summed E-state index contributed by atoms with van der Waals surface area (Å²) in [4.78, 5) is 2.34. The van der Waals surface area contributed by atoms with Gasteiger partial charge in [-0.15, -0.1) is 11.3 Å². The summed E-state index contributed by atoms with van der Waals surface area (Å²) in [6.45, 7) is 0. The summed E-state index contributed by atoms with van der Waals surface area (Å²) in [6, 6.07) is 59.7. The van der Waals surface area contributed by atoms with Gasteiger partial charge in [0, 0.05) is 37.2 Å². The van der Waals surface area contributed by atoms with Gasteiger partial charge in [0.1, 0.15) is 0 Å². The topological polar surface area (TPSA) is 3.24 Å². The van der Waals surface area contributed by atoms with E-state index < -0.39 is 0 Å². The Morgan fingerprint density at radius 2 is 1.00 bits per heavy atom. The van der Waals surface area contributed by atoms with E-state index >= 15 is 0 Å². The minimum atomic E-state index is 1.13. The summed E-state index contributed by atoms with van der Waals surface area (Å²) >= 11 is 1.88. The van der Waals surface area contributed by atoms with Gasteiger partial charge in [-0.2, -0.15) is 0 Å². The largest absolute Gasteiger partial charge is 0.310 e. The van der Waals surface area contributed by atoms with Crippen molar-refractivity contribution < 1.29 is 0 Å². The van der Waals surface area contributed by atoms with Gasteiger partial charge in [0.25, 0.3) is 0 Å². The lowest BCUT2D eigenvalue weighted by molar-refractivity contribution is 1.29. The molecule has 0 saturated heterocycles. The van der Waals surface area contributed by atoms with E-state index in [1.165, 1.54) is 63.6 Å². The second-order valence-corrected chi connectivity index (χ2v) is 12.5. The van der Waals surface area contributed by atoms with Gasteiger partial charge in [0.15, 0.2) is 0 Å². The average Bonchev–Trinajstić information content (AvgIpc) is 3.45. The van der Waals surface area contributed by atoms with E-state index in [0.717, 1.165) is 17.1 Å². The Labute approximate surface area is 259 Å². The molecule has 8 aromatic carbocycles. The lowest BCUT2D eigenvalue weighted by atomic mass is 9.92. The van der Waals surface area contributed by atoms with Crippen LogP contribution in [0.15, 0.2) is 164 Å². The number of fused-ring (bicyclic) bond motifs is 7. The highest BCUT2D eigenvalue weighted by molar-refractivity contribution is 7.25. The summed E-state index contributed by atoms with van der Waals surface area (Å²) in [5.74, 6) is 0. The zero-order chi connectivity index (χ0) is 29.0. The summed E-state index contributed by atoms with van der Waals surface area (Å²) in [6.07, 6.45) is 0. The zero-order valence-corrected chi connectivity index (χ0v) is 24.8. The van der Waals surface area contributed by atoms with Crippen LogP contribution in [0.3, 0.4) is 0 Å². The van der Waals surface area contributed by atoms with E-state index in [1.807, 2.05) is 11.3 Å². The SMILES string of the molecule is c1ccc(N(c2ccc(-c3cc4cc5c(cc4c4ccccc34)sc3ccccc35)cc2)c2ccc3ccccc3c2)cc1. The molecule has 1 aromatic heterocycles. The minimum Gasteiger partial charge on any atom is -0.310 e. The number of hydrogen-bond acceptors (Lipinski definition) is 2. The molecule has 1 nitrogen and oxygen atoms in total. The molecule has 0 radical (unpaired) electrons. The average molecular weight is 578 g/mol. The van der Waals surface area contributed by atoms with E-state index in [4.69, 9.17) is 0 Å². The molecule has 0 unspecified atom stereocenters. The fourth-order valence-electron chi connectivity index (χ4n) is 6.70. The zero-order valence-electron chi connectivity index (χ0n) is 23.9. The molecule has 0 aliphatic carbocycles. The van der Waals surface area contributed by atoms with Crippen LogP contribution in [0, 0.1) is 0 Å². The third kappa shape index (κ3) is 4.07. The van der Waals surface area contributed by atoms with Crippen LogP contribution < -0.4 is 4.90 Å². The number of hydrogen-bond donors (Lipinski definition) is 0. The molecule has 0 aliphatic rings. The highest BCUT2D eigenvalue weighted by atomic mass is 32.1. The van der Waals surface area contributed by atoms with Crippen molar-refractivity contribution in [2.75, 3.05) is 4.90 Å². The van der Waals surface area contributed by atoms with Crippen molar-refractivity contribution in [2.24, 2.45) is 0 Å². The predicted octanol–water partition coefficient (Wildman–Crippen LogP) is 12.7. The van der Waals surface area contributed by atoms with Crippen LogP contribution in [0.5, 0.6) is 0 Å². The van der Waals surface area contributed by atoms with Crippen molar-refractivity contribution in [3.63, 3.8) is 0 Å². The Bertz CT molecular complexity index is 2490. The maximum atomic E-state index is 2.39. The quantitative estimate of drug-likeness (QED) is 0.188. The van der Waals surface area contributed by atoms with Gasteiger partial charge in [-0.25, -0.2) is 0 Å². The number of nitrogens with zero attached hydrogens (tertiary/aromatic N) is 1.